The molecule has 2 aromatic rings. The number of likely N-dealkylation sites (N-methyl/N-ethyl adjacent to an activating group) is 1. The van der Waals surface area contributed by atoms with Gasteiger partial charge in [0, 0.05) is 23.6 Å². The van der Waals surface area contributed by atoms with E-state index in [-0.39, 0.29) is 23.5 Å². The lowest BCUT2D eigenvalue weighted by molar-refractivity contribution is 0.152. The van der Waals surface area contributed by atoms with Crippen molar-refractivity contribution >= 4 is 11.7 Å². The summed E-state index contributed by atoms with van der Waals surface area (Å²) in [6.07, 6.45) is 2.67. The highest BCUT2D eigenvalue weighted by Gasteiger charge is 2.52. The van der Waals surface area contributed by atoms with E-state index in [0.717, 1.165) is 31.2 Å². The van der Waals surface area contributed by atoms with Crippen LogP contribution in [0.2, 0.25) is 0 Å². The number of hydrogen-bond donors (Lipinski definition) is 2. The van der Waals surface area contributed by atoms with Gasteiger partial charge in [0.25, 0.3) is 0 Å². The van der Waals surface area contributed by atoms with E-state index in [1.165, 1.54) is 14.2 Å². The van der Waals surface area contributed by atoms with E-state index in [9.17, 15) is 13.6 Å². The second-order valence-electron chi connectivity index (χ2n) is 8.76. The molecule has 2 aliphatic rings. The molecule has 33 heavy (non-hydrogen) atoms. The van der Waals surface area contributed by atoms with Crippen molar-refractivity contribution in [3.05, 3.63) is 53.3 Å². The van der Waals surface area contributed by atoms with Gasteiger partial charge in [-0.15, -0.1) is 0 Å². The number of halogens is 3. The first-order valence-corrected chi connectivity index (χ1v) is 10.9. The molecule has 1 aliphatic carbocycles. The van der Waals surface area contributed by atoms with Crippen molar-refractivity contribution in [2.75, 3.05) is 33.1 Å². The molecular formula is C24H28F3N3O3. The van der Waals surface area contributed by atoms with Crippen molar-refractivity contribution in [2.45, 2.75) is 43.2 Å². The lowest BCUT2D eigenvalue weighted by Gasteiger charge is -2.45. The fourth-order valence-electron chi connectivity index (χ4n) is 5.43. The number of benzene rings is 2. The molecule has 9 heteroatoms. The molecule has 0 aromatic heterocycles. The van der Waals surface area contributed by atoms with Crippen LogP contribution in [0.15, 0.2) is 30.3 Å². The van der Waals surface area contributed by atoms with Crippen LogP contribution < -0.4 is 20.1 Å². The topological polar surface area (TPSA) is 62.8 Å². The SMILES string of the molecule is COc1ccc([C@@]23CC[C@@H](NC(=O)Nc4cc(F)ccc4F)C[C@@H]2N(C)CC3)c(F)c1OC. The number of ether oxygens (including phenoxy) is 2. The van der Waals surface area contributed by atoms with Crippen molar-refractivity contribution in [2.24, 2.45) is 0 Å². The smallest absolute Gasteiger partial charge is 0.319 e. The molecule has 1 saturated heterocycles. The molecule has 4 rings (SSSR count). The summed E-state index contributed by atoms with van der Waals surface area (Å²) in [5.74, 6) is -1.33. The average Bonchev–Trinajstić information content (AvgIpc) is 3.12. The highest BCUT2D eigenvalue weighted by Crippen LogP contribution is 2.51. The van der Waals surface area contributed by atoms with Gasteiger partial charge in [-0.2, -0.15) is 0 Å². The number of methoxy groups -OCH3 is 2. The normalized spacial score (nSPS) is 24.8. The number of rotatable bonds is 5. The summed E-state index contributed by atoms with van der Waals surface area (Å²) in [5.41, 5.74) is -0.0379. The number of carbonyl (C=O) groups is 1. The van der Waals surface area contributed by atoms with E-state index in [0.29, 0.717) is 30.6 Å². The van der Waals surface area contributed by atoms with Crippen molar-refractivity contribution in [1.82, 2.24) is 10.2 Å². The summed E-state index contributed by atoms with van der Waals surface area (Å²) in [6.45, 7) is 0.797. The predicted molar refractivity (Wildman–Crippen MR) is 118 cm³/mol. The van der Waals surface area contributed by atoms with Crippen molar-refractivity contribution in [1.29, 1.82) is 0 Å². The van der Waals surface area contributed by atoms with Gasteiger partial charge in [-0.1, -0.05) is 6.07 Å². The Morgan fingerprint density at radius 3 is 2.64 bits per heavy atom. The summed E-state index contributed by atoms with van der Waals surface area (Å²) < 4.78 is 53.3. The Labute approximate surface area is 191 Å². The van der Waals surface area contributed by atoms with Gasteiger partial charge in [0.2, 0.25) is 0 Å². The zero-order valence-electron chi connectivity index (χ0n) is 18.9. The minimum Gasteiger partial charge on any atom is -0.493 e. The Morgan fingerprint density at radius 1 is 1.12 bits per heavy atom. The number of hydrogen-bond acceptors (Lipinski definition) is 4. The Balaban J connectivity index is 1.52. The van der Waals surface area contributed by atoms with E-state index in [1.54, 1.807) is 12.1 Å². The van der Waals surface area contributed by atoms with Gasteiger partial charge in [-0.3, -0.25) is 0 Å². The first kappa shape index (κ1) is 23.2. The highest BCUT2D eigenvalue weighted by atomic mass is 19.1. The molecule has 6 nitrogen and oxygen atoms in total. The quantitative estimate of drug-likeness (QED) is 0.689. The number of anilines is 1. The van der Waals surface area contributed by atoms with Crippen LogP contribution in [0.1, 0.15) is 31.2 Å². The van der Waals surface area contributed by atoms with Crippen LogP contribution in [0.25, 0.3) is 0 Å². The molecule has 1 heterocycles. The lowest BCUT2D eigenvalue weighted by atomic mass is 9.65. The highest BCUT2D eigenvalue weighted by molar-refractivity contribution is 5.89. The minimum absolute atomic E-state index is 0.00458. The van der Waals surface area contributed by atoms with Gasteiger partial charge in [0.1, 0.15) is 11.6 Å². The van der Waals surface area contributed by atoms with E-state index in [2.05, 4.69) is 15.5 Å². The Hall–Kier alpha value is -2.94. The number of likely N-dealkylation sites (tertiary alicyclic amines) is 1. The number of urea groups is 1. The first-order chi connectivity index (χ1) is 15.8. The molecule has 0 unspecified atom stereocenters. The monoisotopic (exact) mass is 463 g/mol. The number of fused-ring (bicyclic) bond motifs is 1. The molecule has 0 bridgehead atoms. The standard InChI is InChI=1S/C24H28F3N3O3/c1-30-11-10-24(16-5-7-19(32-2)22(33-3)21(16)27)9-8-15(13-20(24)30)28-23(31)29-18-12-14(25)4-6-17(18)26/h4-7,12,15,20H,8-11,13H2,1-3H3,(H2,28,29,31)/t15-,20+,24+/m1/s1. The van der Waals surface area contributed by atoms with E-state index >= 15 is 4.39 Å². The van der Waals surface area contributed by atoms with Crippen LogP contribution in [0, 0.1) is 17.5 Å². The molecule has 1 saturated carbocycles. The summed E-state index contributed by atoms with van der Waals surface area (Å²) in [5, 5.41) is 5.25. The summed E-state index contributed by atoms with van der Waals surface area (Å²) in [4.78, 5) is 14.6. The molecule has 3 atom stereocenters. The van der Waals surface area contributed by atoms with E-state index in [4.69, 9.17) is 9.47 Å². The molecule has 2 N–H and O–H groups in total. The van der Waals surface area contributed by atoms with Crippen LogP contribution in [-0.2, 0) is 5.41 Å². The van der Waals surface area contributed by atoms with Gasteiger partial charge in [0.15, 0.2) is 17.3 Å². The Bertz CT molecular complexity index is 1050. The number of nitrogens with zero attached hydrogens (tertiary/aromatic N) is 1. The van der Waals surface area contributed by atoms with Crippen LogP contribution in [0.5, 0.6) is 11.5 Å². The van der Waals surface area contributed by atoms with Gasteiger partial charge < -0.3 is 25.0 Å². The molecule has 178 valence electrons. The van der Waals surface area contributed by atoms with Crippen molar-refractivity contribution in [3.63, 3.8) is 0 Å². The molecule has 2 fully saturated rings. The minimum atomic E-state index is -0.714. The Morgan fingerprint density at radius 2 is 1.91 bits per heavy atom. The van der Waals surface area contributed by atoms with E-state index in [1.807, 2.05) is 7.05 Å². The van der Waals surface area contributed by atoms with Crippen LogP contribution in [0.3, 0.4) is 0 Å². The number of carbonyl (C=O) groups excluding carboxylic acids is 1. The predicted octanol–water partition coefficient (Wildman–Crippen LogP) is 4.44. The third kappa shape index (κ3) is 4.21. The van der Waals surface area contributed by atoms with Crippen molar-refractivity contribution in [3.8, 4) is 11.5 Å². The zero-order valence-corrected chi connectivity index (χ0v) is 18.9. The second kappa shape index (κ2) is 9.13. The van der Waals surface area contributed by atoms with Gasteiger partial charge in [-0.05, 0) is 63.0 Å². The zero-order chi connectivity index (χ0) is 23.8. The van der Waals surface area contributed by atoms with Gasteiger partial charge in [-0.25, -0.2) is 18.0 Å². The number of amides is 2. The molecule has 1 aliphatic heterocycles. The maximum atomic E-state index is 15.5. The molecule has 2 aromatic carbocycles. The number of nitrogens with one attached hydrogen (secondary N) is 2. The fourth-order valence-corrected chi connectivity index (χ4v) is 5.43. The first-order valence-electron chi connectivity index (χ1n) is 10.9. The van der Waals surface area contributed by atoms with Crippen LogP contribution in [-0.4, -0.2) is 50.8 Å². The summed E-state index contributed by atoms with van der Waals surface area (Å²) >= 11 is 0. The maximum Gasteiger partial charge on any atom is 0.319 e. The molecular weight excluding hydrogens is 435 g/mol. The average molecular weight is 464 g/mol. The second-order valence-corrected chi connectivity index (χ2v) is 8.76. The third-order valence-electron chi connectivity index (χ3n) is 7.06. The lowest BCUT2D eigenvalue weighted by Crippen LogP contribution is -2.52. The Kier molecular flexibility index (Phi) is 6.43. The molecule has 0 radical (unpaired) electrons. The third-order valence-corrected chi connectivity index (χ3v) is 7.06. The molecule has 2 amide bonds. The molecule has 0 spiro atoms. The summed E-state index contributed by atoms with van der Waals surface area (Å²) in [7, 11) is 4.89. The summed E-state index contributed by atoms with van der Waals surface area (Å²) in [6, 6.07) is 5.59. The van der Waals surface area contributed by atoms with E-state index < -0.39 is 28.9 Å². The largest absolute Gasteiger partial charge is 0.493 e. The van der Waals surface area contributed by atoms with Gasteiger partial charge >= 0.3 is 6.03 Å². The van der Waals surface area contributed by atoms with Gasteiger partial charge in [0.05, 0.1) is 19.9 Å². The van der Waals surface area contributed by atoms with Crippen LogP contribution >= 0.6 is 0 Å². The van der Waals surface area contributed by atoms with Crippen LogP contribution in [0.4, 0.5) is 23.7 Å². The van der Waals surface area contributed by atoms with Crippen molar-refractivity contribution < 1.29 is 27.4 Å². The fraction of sp³-hybridized carbons (Fsp3) is 0.458. The maximum absolute atomic E-state index is 15.5.